The van der Waals surface area contributed by atoms with Crippen molar-refractivity contribution in [3.8, 4) is 0 Å². The predicted octanol–water partition coefficient (Wildman–Crippen LogP) is 4.86. The van der Waals surface area contributed by atoms with E-state index in [0.717, 1.165) is 23.0 Å². The third-order valence-corrected chi connectivity index (χ3v) is 3.24. The third-order valence-electron chi connectivity index (χ3n) is 2.80. The average Bonchev–Trinajstić information content (AvgIpc) is 2.72. The van der Waals surface area contributed by atoms with Crippen LogP contribution in [0.5, 0.6) is 0 Å². The molecule has 2 rings (SSSR count). The molecule has 0 bridgehead atoms. The Labute approximate surface area is 131 Å². The second-order valence-corrected chi connectivity index (χ2v) is 4.84. The summed E-state index contributed by atoms with van der Waals surface area (Å²) in [5.41, 5.74) is -2.90. The van der Waals surface area contributed by atoms with E-state index in [9.17, 15) is 26.3 Å². The van der Waals surface area contributed by atoms with Crippen molar-refractivity contribution in [1.82, 2.24) is 9.78 Å². The first-order valence-electron chi connectivity index (χ1n) is 6.01. The van der Waals surface area contributed by atoms with E-state index in [0.29, 0.717) is 6.07 Å². The van der Waals surface area contributed by atoms with Gasteiger partial charge in [0.25, 0.3) is 0 Å². The van der Waals surface area contributed by atoms with Gasteiger partial charge in [-0.2, -0.15) is 31.4 Å². The first kappa shape index (κ1) is 17.3. The van der Waals surface area contributed by atoms with E-state index in [1.807, 2.05) is 0 Å². The fourth-order valence-corrected chi connectivity index (χ4v) is 1.92. The lowest BCUT2D eigenvalue weighted by Crippen LogP contribution is -2.09. The molecule has 0 aliphatic rings. The summed E-state index contributed by atoms with van der Waals surface area (Å²) in [5, 5.41) is 2.91. The van der Waals surface area contributed by atoms with Gasteiger partial charge in [0.1, 0.15) is 5.15 Å². The molecule has 0 atom stereocenters. The topological polar surface area (TPSA) is 30.2 Å². The van der Waals surface area contributed by atoms with Crippen LogP contribution in [0, 0.1) is 0 Å². The Morgan fingerprint density at radius 2 is 1.78 bits per heavy atom. The lowest BCUT2D eigenvalue weighted by Gasteiger charge is -2.06. The highest BCUT2D eigenvalue weighted by atomic mass is 35.5. The second kappa shape index (κ2) is 5.88. The summed E-state index contributed by atoms with van der Waals surface area (Å²) in [5.74, 6) is 0. The molecule has 1 aromatic carbocycles. The summed E-state index contributed by atoms with van der Waals surface area (Å²) in [6, 6.07) is 3.87. The summed E-state index contributed by atoms with van der Waals surface area (Å²) < 4.78 is 77.1. The summed E-state index contributed by atoms with van der Waals surface area (Å²) in [6.07, 6.45) is -8.59. The highest BCUT2D eigenvalue weighted by molar-refractivity contribution is 6.32. The van der Waals surface area contributed by atoms with Crippen LogP contribution in [0.1, 0.15) is 16.8 Å². The van der Waals surface area contributed by atoms with E-state index in [-0.39, 0.29) is 10.8 Å². The lowest BCUT2D eigenvalue weighted by atomic mass is 10.2. The van der Waals surface area contributed by atoms with Gasteiger partial charge in [-0.3, -0.25) is 9.67 Å². The number of nitrogens with zero attached hydrogens (tertiary/aromatic N) is 3. The van der Waals surface area contributed by atoms with E-state index in [1.165, 1.54) is 13.1 Å². The minimum Gasteiger partial charge on any atom is -0.256 e. The summed E-state index contributed by atoms with van der Waals surface area (Å²) in [7, 11) is 1.21. The van der Waals surface area contributed by atoms with Crippen molar-refractivity contribution in [1.29, 1.82) is 0 Å². The van der Waals surface area contributed by atoms with Crippen molar-refractivity contribution in [2.45, 2.75) is 12.4 Å². The molecule has 0 spiro atoms. The van der Waals surface area contributed by atoms with E-state index in [4.69, 9.17) is 11.6 Å². The smallest absolute Gasteiger partial charge is 0.256 e. The van der Waals surface area contributed by atoms with E-state index in [2.05, 4.69) is 10.1 Å². The molecular formula is C13H8ClF6N3. The molecule has 3 nitrogen and oxygen atoms in total. The van der Waals surface area contributed by atoms with Crippen molar-refractivity contribution >= 4 is 23.5 Å². The number of hydrogen-bond acceptors (Lipinski definition) is 2. The molecule has 124 valence electrons. The molecule has 1 heterocycles. The molecule has 2 aromatic rings. The maximum Gasteiger partial charge on any atom is 0.435 e. The van der Waals surface area contributed by atoms with Gasteiger partial charge in [0.05, 0.1) is 16.8 Å². The van der Waals surface area contributed by atoms with Gasteiger partial charge in [-0.25, -0.2) is 0 Å². The third kappa shape index (κ3) is 3.84. The molecule has 0 aliphatic heterocycles. The Bertz CT molecular complexity index is 745. The zero-order valence-corrected chi connectivity index (χ0v) is 12.1. The van der Waals surface area contributed by atoms with Crippen LogP contribution >= 0.6 is 11.6 Å². The van der Waals surface area contributed by atoms with Gasteiger partial charge in [-0.15, -0.1) is 0 Å². The zero-order valence-electron chi connectivity index (χ0n) is 11.4. The SMILES string of the molecule is Cn1nc(C(F)(F)F)c(C=Nc2cccc(C(F)(F)F)c2)c1Cl. The van der Waals surface area contributed by atoms with Gasteiger partial charge < -0.3 is 0 Å². The molecule has 0 fully saturated rings. The van der Waals surface area contributed by atoms with Crippen molar-refractivity contribution in [3.05, 3.63) is 46.2 Å². The van der Waals surface area contributed by atoms with Crippen molar-refractivity contribution < 1.29 is 26.3 Å². The standard InChI is InChI=1S/C13H8ClF6N3/c1-23-11(14)9(10(22-23)13(18,19)20)6-21-8-4-2-3-7(5-8)12(15,16)17/h2-6H,1H3. The number of alkyl halides is 6. The normalized spacial score (nSPS) is 13.0. The lowest BCUT2D eigenvalue weighted by molar-refractivity contribution is -0.141. The second-order valence-electron chi connectivity index (χ2n) is 4.48. The maximum absolute atomic E-state index is 12.8. The molecular weight excluding hydrogens is 348 g/mol. The van der Waals surface area contributed by atoms with E-state index < -0.39 is 29.2 Å². The van der Waals surface area contributed by atoms with Crippen LogP contribution in [0.2, 0.25) is 5.15 Å². The van der Waals surface area contributed by atoms with Gasteiger partial charge in [-0.1, -0.05) is 17.7 Å². The monoisotopic (exact) mass is 355 g/mol. The molecule has 23 heavy (non-hydrogen) atoms. The Hall–Kier alpha value is -2.03. The Morgan fingerprint density at radius 1 is 1.13 bits per heavy atom. The Morgan fingerprint density at radius 3 is 2.35 bits per heavy atom. The number of aliphatic imine (C=N–C) groups is 1. The first-order chi connectivity index (χ1) is 10.5. The number of halogens is 7. The van der Waals surface area contributed by atoms with Gasteiger partial charge in [-0.05, 0) is 18.2 Å². The molecule has 0 aliphatic carbocycles. The number of aryl methyl sites for hydroxylation is 1. The van der Waals surface area contributed by atoms with Crippen LogP contribution in [-0.4, -0.2) is 16.0 Å². The highest BCUT2D eigenvalue weighted by Gasteiger charge is 2.38. The minimum atomic E-state index is -4.76. The van der Waals surface area contributed by atoms with Crippen LogP contribution < -0.4 is 0 Å². The molecule has 0 amide bonds. The summed E-state index contributed by atoms with van der Waals surface area (Å²) >= 11 is 5.72. The fraction of sp³-hybridized carbons (Fsp3) is 0.231. The van der Waals surface area contributed by atoms with Gasteiger partial charge in [0.2, 0.25) is 0 Å². The minimum absolute atomic E-state index is 0.159. The fourth-order valence-electron chi connectivity index (χ4n) is 1.75. The molecule has 0 N–H and O–H groups in total. The van der Waals surface area contributed by atoms with E-state index in [1.54, 1.807) is 0 Å². The van der Waals surface area contributed by atoms with Crippen LogP contribution in [-0.2, 0) is 19.4 Å². The number of hydrogen-bond donors (Lipinski definition) is 0. The van der Waals surface area contributed by atoms with Crippen LogP contribution in [0.15, 0.2) is 29.3 Å². The summed E-state index contributed by atoms with van der Waals surface area (Å²) in [4.78, 5) is 3.64. The number of aromatic nitrogens is 2. The van der Waals surface area contributed by atoms with Gasteiger partial charge in [0, 0.05) is 13.3 Å². The highest BCUT2D eigenvalue weighted by Crippen LogP contribution is 2.34. The van der Waals surface area contributed by atoms with Crippen molar-refractivity contribution in [2.75, 3.05) is 0 Å². The maximum atomic E-state index is 12.8. The van der Waals surface area contributed by atoms with Crippen LogP contribution in [0.25, 0.3) is 0 Å². The predicted molar refractivity (Wildman–Crippen MR) is 71.9 cm³/mol. The van der Waals surface area contributed by atoms with Crippen LogP contribution in [0.3, 0.4) is 0 Å². The first-order valence-corrected chi connectivity index (χ1v) is 6.39. The molecule has 10 heteroatoms. The number of rotatable bonds is 2. The molecule has 0 saturated heterocycles. The zero-order chi connectivity index (χ0) is 17.4. The molecule has 1 aromatic heterocycles. The molecule has 0 saturated carbocycles. The number of benzene rings is 1. The summed E-state index contributed by atoms with van der Waals surface area (Å²) in [6.45, 7) is 0. The van der Waals surface area contributed by atoms with Crippen LogP contribution in [0.4, 0.5) is 32.0 Å². The molecule has 0 radical (unpaired) electrons. The van der Waals surface area contributed by atoms with Crippen molar-refractivity contribution in [3.63, 3.8) is 0 Å². The van der Waals surface area contributed by atoms with Gasteiger partial charge >= 0.3 is 12.4 Å². The molecule has 0 unspecified atom stereocenters. The van der Waals surface area contributed by atoms with Crippen molar-refractivity contribution in [2.24, 2.45) is 12.0 Å². The largest absolute Gasteiger partial charge is 0.435 e. The van der Waals surface area contributed by atoms with Gasteiger partial charge in [0.15, 0.2) is 5.69 Å². The Balaban J connectivity index is 2.42. The average molecular weight is 356 g/mol. The quantitative estimate of drug-likeness (QED) is 0.559. The Kier molecular flexibility index (Phi) is 4.43. The van der Waals surface area contributed by atoms with E-state index >= 15 is 0 Å².